The van der Waals surface area contributed by atoms with Gasteiger partial charge in [-0.25, -0.2) is 4.98 Å². The van der Waals surface area contributed by atoms with Gasteiger partial charge in [0, 0.05) is 13.2 Å². The summed E-state index contributed by atoms with van der Waals surface area (Å²) in [5.41, 5.74) is 4.16. The molecule has 0 unspecified atom stereocenters. The van der Waals surface area contributed by atoms with Crippen molar-refractivity contribution in [2.24, 2.45) is 7.05 Å². The van der Waals surface area contributed by atoms with Crippen LogP contribution in [0.1, 0.15) is 41.3 Å². The van der Waals surface area contributed by atoms with Crippen LogP contribution in [0.25, 0.3) is 11.0 Å². The average molecular weight is 363 g/mol. The number of H-pyrrole nitrogens is 1. The van der Waals surface area contributed by atoms with E-state index in [9.17, 15) is 4.79 Å². The second kappa shape index (κ2) is 7.06. The fraction of sp³-hybridized carbons (Fsp3) is 0.263. The lowest BCUT2D eigenvalue weighted by Gasteiger charge is -2.16. The van der Waals surface area contributed by atoms with E-state index in [0.717, 1.165) is 28.8 Å². The van der Waals surface area contributed by atoms with Crippen LogP contribution in [0.15, 0.2) is 48.9 Å². The van der Waals surface area contributed by atoms with Crippen LogP contribution in [0.5, 0.6) is 0 Å². The molecule has 0 radical (unpaired) electrons. The summed E-state index contributed by atoms with van der Waals surface area (Å²) in [7, 11) is 1.87. The number of fused-ring (bicyclic) bond motifs is 1. The molecule has 1 atom stereocenters. The molecule has 1 aromatic carbocycles. The molecule has 0 spiro atoms. The SMILES string of the molecule is CC[C@@H](NC(=O)c1cc(Cn2cnc3ccccc32)[nH]n1)c1ccnn1C. The van der Waals surface area contributed by atoms with Gasteiger partial charge >= 0.3 is 0 Å². The molecule has 138 valence electrons. The van der Waals surface area contributed by atoms with Crippen molar-refractivity contribution in [2.45, 2.75) is 25.9 Å². The lowest BCUT2D eigenvalue weighted by molar-refractivity contribution is 0.0929. The minimum atomic E-state index is -0.207. The third-order valence-electron chi connectivity index (χ3n) is 4.66. The molecule has 8 heteroatoms. The van der Waals surface area contributed by atoms with Gasteiger partial charge in [0.1, 0.15) is 5.69 Å². The molecule has 0 bridgehead atoms. The van der Waals surface area contributed by atoms with Crippen molar-refractivity contribution in [3.63, 3.8) is 0 Å². The van der Waals surface area contributed by atoms with E-state index in [1.54, 1.807) is 23.3 Å². The fourth-order valence-corrected chi connectivity index (χ4v) is 3.22. The zero-order chi connectivity index (χ0) is 18.8. The van der Waals surface area contributed by atoms with E-state index in [1.165, 1.54) is 0 Å². The topological polar surface area (TPSA) is 93.4 Å². The molecule has 8 nitrogen and oxygen atoms in total. The quantitative estimate of drug-likeness (QED) is 0.550. The zero-order valence-corrected chi connectivity index (χ0v) is 15.3. The molecule has 4 rings (SSSR count). The monoisotopic (exact) mass is 363 g/mol. The molecule has 0 fully saturated rings. The van der Waals surface area contributed by atoms with Crippen LogP contribution < -0.4 is 5.32 Å². The first-order valence-electron chi connectivity index (χ1n) is 8.88. The highest BCUT2D eigenvalue weighted by atomic mass is 16.2. The predicted molar refractivity (Wildman–Crippen MR) is 101 cm³/mol. The highest BCUT2D eigenvalue weighted by molar-refractivity contribution is 5.92. The molecule has 0 aliphatic carbocycles. The second-order valence-electron chi connectivity index (χ2n) is 6.45. The molecular formula is C19H21N7O. The van der Waals surface area contributed by atoms with Gasteiger partial charge in [-0.1, -0.05) is 19.1 Å². The lowest BCUT2D eigenvalue weighted by Crippen LogP contribution is -2.29. The Bertz CT molecular complexity index is 1070. The van der Waals surface area contributed by atoms with Crippen LogP contribution in [0.4, 0.5) is 0 Å². The Morgan fingerprint density at radius 1 is 1.30 bits per heavy atom. The van der Waals surface area contributed by atoms with Gasteiger partial charge in [0.15, 0.2) is 0 Å². The molecule has 2 N–H and O–H groups in total. The number of aromatic nitrogens is 6. The Morgan fingerprint density at radius 3 is 2.93 bits per heavy atom. The number of hydrogen-bond acceptors (Lipinski definition) is 4. The number of aromatic amines is 1. The number of aryl methyl sites for hydroxylation is 1. The van der Waals surface area contributed by atoms with Gasteiger partial charge in [-0.15, -0.1) is 0 Å². The maximum atomic E-state index is 12.6. The van der Waals surface area contributed by atoms with E-state index in [2.05, 4.69) is 25.6 Å². The smallest absolute Gasteiger partial charge is 0.272 e. The molecule has 1 amide bonds. The highest BCUT2D eigenvalue weighted by Gasteiger charge is 2.19. The number of carbonyl (C=O) groups excluding carboxylic acids is 1. The normalized spacial score (nSPS) is 12.4. The predicted octanol–water partition coefficient (Wildman–Crippen LogP) is 2.42. The minimum Gasteiger partial charge on any atom is -0.342 e. The van der Waals surface area contributed by atoms with Crippen LogP contribution in [0, 0.1) is 0 Å². The third-order valence-corrected chi connectivity index (χ3v) is 4.66. The van der Waals surface area contributed by atoms with Crippen molar-refractivity contribution in [3.8, 4) is 0 Å². The Labute approximate surface area is 156 Å². The van der Waals surface area contributed by atoms with Crippen molar-refractivity contribution >= 4 is 16.9 Å². The summed E-state index contributed by atoms with van der Waals surface area (Å²) in [6.07, 6.45) is 4.29. The number of amides is 1. The first-order valence-corrected chi connectivity index (χ1v) is 8.88. The summed E-state index contributed by atoms with van der Waals surface area (Å²) < 4.78 is 3.80. The maximum absolute atomic E-state index is 12.6. The van der Waals surface area contributed by atoms with Crippen LogP contribution >= 0.6 is 0 Å². The molecule has 3 aromatic heterocycles. The van der Waals surface area contributed by atoms with Crippen LogP contribution in [-0.4, -0.2) is 35.4 Å². The van der Waals surface area contributed by atoms with Gasteiger partial charge in [0.25, 0.3) is 5.91 Å². The van der Waals surface area contributed by atoms with Gasteiger partial charge < -0.3 is 9.88 Å². The standard InChI is InChI=1S/C19H21N7O/c1-3-14(17-8-9-21-25(17)2)22-19(27)16-10-13(23-24-16)11-26-12-20-15-6-4-5-7-18(15)26/h4-10,12,14H,3,11H2,1-2H3,(H,22,27)(H,23,24)/t14-/m1/s1. The first kappa shape index (κ1) is 17.0. The Hall–Kier alpha value is -3.42. The van der Waals surface area contributed by atoms with Crippen molar-refractivity contribution < 1.29 is 4.79 Å². The minimum absolute atomic E-state index is 0.109. The number of nitrogens with zero attached hydrogens (tertiary/aromatic N) is 5. The fourth-order valence-electron chi connectivity index (χ4n) is 3.22. The summed E-state index contributed by atoms with van der Waals surface area (Å²) >= 11 is 0. The number of rotatable bonds is 6. The van der Waals surface area contributed by atoms with E-state index in [4.69, 9.17) is 0 Å². The Balaban J connectivity index is 1.48. The van der Waals surface area contributed by atoms with Gasteiger partial charge in [0.2, 0.25) is 0 Å². The van der Waals surface area contributed by atoms with Crippen LogP contribution in [0.2, 0.25) is 0 Å². The van der Waals surface area contributed by atoms with E-state index in [-0.39, 0.29) is 11.9 Å². The largest absolute Gasteiger partial charge is 0.342 e. The van der Waals surface area contributed by atoms with E-state index in [0.29, 0.717) is 12.2 Å². The lowest BCUT2D eigenvalue weighted by atomic mass is 10.1. The highest BCUT2D eigenvalue weighted by Crippen LogP contribution is 2.17. The number of para-hydroxylation sites is 2. The van der Waals surface area contributed by atoms with E-state index >= 15 is 0 Å². The van der Waals surface area contributed by atoms with Crippen molar-refractivity contribution in [1.29, 1.82) is 0 Å². The molecule has 0 saturated heterocycles. The molecule has 0 saturated carbocycles. The van der Waals surface area contributed by atoms with Crippen LogP contribution in [0.3, 0.4) is 0 Å². The molecule has 3 heterocycles. The van der Waals surface area contributed by atoms with Crippen LogP contribution in [-0.2, 0) is 13.6 Å². The number of nitrogens with one attached hydrogen (secondary N) is 2. The third kappa shape index (κ3) is 3.33. The summed E-state index contributed by atoms with van der Waals surface area (Å²) in [5.74, 6) is -0.207. The van der Waals surface area contributed by atoms with Crippen molar-refractivity contribution in [2.75, 3.05) is 0 Å². The summed E-state index contributed by atoms with van der Waals surface area (Å²) in [6.45, 7) is 2.60. The summed E-state index contributed by atoms with van der Waals surface area (Å²) in [6, 6.07) is 11.5. The van der Waals surface area contributed by atoms with Gasteiger partial charge in [-0.3, -0.25) is 14.6 Å². The molecule has 0 aliphatic rings. The molecular weight excluding hydrogens is 342 g/mol. The van der Waals surface area contributed by atoms with Gasteiger partial charge in [0.05, 0.1) is 41.3 Å². The molecule has 4 aromatic rings. The van der Waals surface area contributed by atoms with E-state index in [1.807, 2.05) is 48.9 Å². The number of carbonyl (C=O) groups is 1. The van der Waals surface area contributed by atoms with E-state index < -0.39 is 0 Å². The summed E-state index contributed by atoms with van der Waals surface area (Å²) in [5, 5.41) is 14.3. The average Bonchev–Trinajstić information content (AvgIpc) is 3.41. The second-order valence-corrected chi connectivity index (χ2v) is 6.45. The van der Waals surface area contributed by atoms with Gasteiger partial charge in [-0.05, 0) is 30.7 Å². The first-order chi connectivity index (χ1) is 13.2. The number of benzene rings is 1. The van der Waals surface area contributed by atoms with Crippen molar-refractivity contribution in [1.82, 2.24) is 34.8 Å². The van der Waals surface area contributed by atoms with Gasteiger partial charge in [-0.2, -0.15) is 10.2 Å². The maximum Gasteiger partial charge on any atom is 0.272 e. The number of imidazole rings is 1. The Morgan fingerprint density at radius 2 is 2.15 bits per heavy atom. The number of hydrogen-bond donors (Lipinski definition) is 2. The summed E-state index contributed by atoms with van der Waals surface area (Å²) in [4.78, 5) is 17.0. The Kier molecular flexibility index (Phi) is 4.45. The molecule has 0 aliphatic heterocycles. The zero-order valence-electron chi connectivity index (χ0n) is 15.3. The molecule has 27 heavy (non-hydrogen) atoms. The van der Waals surface area contributed by atoms with Crippen molar-refractivity contribution in [3.05, 3.63) is 66.0 Å².